The zero-order valence-corrected chi connectivity index (χ0v) is 12.0. The number of nitrogens with one attached hydrogen (secondary N) is 1. The fourth-order valence-corrected chi connectivity index (χ4v) is 3.69. The van der Waals surface area contributed by atoms with Crippen LogP contribution in [0.1, 0.15) is 29.5 Å². The Hall–Kier alpha value is -2.62. The minimum absolute atomic E-state index is 0.165. The van der Waals surface area contributed by atoms with Crippen LogP contribution in [-0.4, -0.2) is 4.92 Å². The van der Waals surface area contributed by atoms with Crippen LogP contribution in [0.4, 0.5) is 11.4 Å². The van der Waals surface area contributed by atoms with Gasteiger partial charge >= 0.3 is 0 Å². The Morgan fingerprint density at radius 1 is 1.14 bits per heavy atom. The first-order valence-corrected chi connectivity index (χ1v) is 7.50. The highest BCUT2D eigenvalue weighted by Gasteiger charge is 2.38. The second kappa shape index (κ2) is 4.98. The van der Waals surface area contributed by atoms with Crippen molar-refractivity contribution in [1.82, 2.24) is 0 Å². The predicted octanol–water partition coefficient (Wildman–Crippen LogP) is 4.42. The van der Waals surface area contributed by atoms with Crippen LogP contribution in [0, 0.1) is 16.0 Å². The van der Waals surface area contributed by atoms with Gasteiger partial charge in [0.1, 0.15) is 0 Å². The third-order valence-corrected chi connectivity index (χ3v) is 4.72. The molecular formula is C18H16N2O2. The molecule has 4 heteroatoms. The Labute approximate surface area is 128 Å². The van der Waals surface area contributed by atoms with Gasteiger partial charge in [-0.15, -0.1) is 0 Å². The molecule has 2 aromatic rings. The molecule has 0 fully saturated rings. The van der Waals surface area contributed by atoms with Crippen LogP contribution in [0.3, 0.4) is 0 Å². The molecule has 0 spiro atoms. The molecule has 1 aliphatic carbocycles. The molecule has 0 unspecified atom stereocenters. The fourth-order valence-electron chi connectivity index (χ4n) is 3.69. The van der Waals surface area contributed by atoms with Crippen molar-refractivity contribution in [2.75, 3.05) is 5.32 Å². The van der Waals surface area contributed by atoms with Crippen LogP contribution < -0.4 is 5.32 Å². The Morgan fingerprint density at radius 2 is 1.95 bits per heavy atom. The van der Waals surface area contributed by atoms with E-state index < -0.39 is 0 Å². The van der Waals surface area contributed by atoms with Gasteiger partial charge in [0.25, 0.3) is 5.69 Å². The summed E-state index contributed by atoms with van der Waals surface area (Å²) in [6.07, 6.45) is 5.39. The second-order valence-corrected chi connectivity index (χ2v) is 5.91. The minimum atomic E-state index is -0.322. The lowest BCUT2D eigenvalue weighted by molar-refractivity contribution is -0.384. The van der Waals surface area contributed by atoms with Gasteiger partial charge in [0.2, 0.25) is 0 Å². The summed E-state index contributed by atoms with van der Waals surface area (Å²) in [5.74, 6) is 0.665. The maximum Gasteiger partial charge on any atom is 0.269 e. The van der Waals surface area contributed by atoms with Gasteiger partial charge in [0, 0.05) is 23.7 Å². The van der Waals surface area contributed by atoms with Crippen LogP contribution >= 0.6 is 0 Å². The summed E-state index contributed by atoms with van der Waals surface area (Å²) in [6, 6.07) is 15.8. The number of allylic oxidation sites excluding steroid dienone is 2. The molecule has 0 amide bonds. The van der Waals surface area contributed by atoms with Crippen molar-refractivity contribution in [3.8, 4) is 0 Å². The molecule has 1 N–H and O–H groups in total. The predicted molar refractivity (Wildman–Crippen MR) is 85.9 cm³/mol. The summed E-state index contributed by atoms with van der Waals surface area (Å²) in [5, 5.41) is 14.6. The van der Waals surface area contributed by atoms with Crippen molar-refractivity contribution in [1.29, 1.82) is 0 Å². The van der Waals surface area contributed by atoms with Gasteiger partial charge in [-0.3, -0.25) is 10.1 Å². The number of nitrogens with zero attached hydrogens (tertiary/aromatic N) is 1. The monoisotopic (exact) mass is 292 g/mol. The van der Waals surface area contributed by atoms with E-state index in [1.165, 1.54) is 5.56 Å². The molecule has 0 saturated heterocycles. The lowest BCUT2D eigenvalue weighted by Gasteiger charge is -2.37. The lowest BCUT2D eigenvalue weighted by Crippen LogP contribution is -2.29. The number of anilines is 1. The maximum absolute atomic E-state index is 11.0. The summed E-state index contributed by atoms with van der Waals surface area (Å²) in [4.78, 5) is 10.7. The highest BCUT2D eigenvalue weighted by Crippen LogP contribution is 2.50. The first-order chi connectivity index (χ1) is 10.7. The van der Waals surface area contributed by atoms with E-state index in [1.54, 1.807) is 12.1 Å². The molecule has 3 atom stereocenters. The summed E-state index contributed by atoms with van der Waals surface area (Å²) in [5.41, 5.74) is 3.48. The van der Waals surface area contributed by atoms with E-state index in [1.807, 2.05) is 12.1 Å². The highest BCUT2D eigenvalue weighted by molar-refractivity contribution is 5.62. The maximum atomic E-state index is 11.0. The molecule has 0 radical (unpaired) electrons. The molecule has 1 heterocycles. The number of rotatable bonds is 2. The van der Waals surface area contributed by atoms with Crippen molar-refractivity contribution in [3.05, 3.63) is 81.9 Å². The van der Waals surface area contributed by atoms with Crippen LogP contribution in [0.25, 0.3) is 0 Å². The van der Waals surface area contributed by atoms with E-state index in [0.717, 1.165) is 17.7 Å². The number of benzene rings is 2. The number of hydrogen-bond donors (Lipinski definition) is 1. The number of nitro groups is 1. The second-order valence-electron chi connectivity index (χ2n) is 5.91. The number of nitro benzene ring substituents is 1. The van der Waals surface area contributed by atoms with Crippen molar-refractivity contribution in [2.24, 2.45) is 5.92 Å². The smallest absolute Gasteiger partial charge is 0.269 e. The third-order valence-electron chi connectivity index (χ3n) is 4.72. The van der Waals surface area contributed by atoms with Gasteiger partial charge in [0.15, 0.2) is 0 Å². The van der Waals surface area contributed by atoms with E-state index in [2.05, 4.69) is 41.7 Å². The van der Waals surface area contributed by atoms with Crippen LogP contribution in [0.2, 0.25) is 0 Å². The molecular weight excluding hydrogens is 276 g/mol. The molecule has 1 aliphatic heterocycles. The highest BCUT2D eigenvalue weighted by atomic mass is 16.6. The van der Waals surface area contributed by atoms with E-state index in [4.69, 9.17) is 0 Å². The Kier molecular flexibility index (Phi) is 2.96. The SMILES string of the molecule is O=[N+]([O-])c1ccc2c(c1)[C@H]1C=CC[C@@H]1[C@H](c1ccccc1)N2. The Morgan fingerprint density at radius 3 is 2.73 bits per heavy atom. The first kappa shape index (κ1) is 13.1. The zero-order valence-electron chi connectivity index (χ0n) is 12.0. The van der Waals surface area contributed by atoms with Gasteiger partial charge in [-0.05, 0) is 29.5 Å². The van der Waals surface area contributed by atoms with Crippen LogP contribution in [-0.2, 0) is 0 Å². The zero-order chi connectivity index (χ0) is 15.1. The number of non-ortho nitro benzene ring substituents is 1. The topological polar surface area (TPSA) is 55.2 Å². The fraction of sp³-hybridized carbons (Fsp3) is 0.222. The summed E-state index contributed by atoms with van der Waals surface area (Å²) >= 11 is 0. The van der Waals surface area contributed by atoms with E-state index in [9.17, 15) is 10.1 Å². The van der Waals surface area contributed by atoms with E-state index >= 15 is 0 Å². The molecule has 2 aliphatic rings. The molecule has 0 aromatic heterocycles. The molecule has 0 saturated carbocycles. The van der Waals surface area contributed by atoms with Gasteiger partial charge < -0.3 is 5.32 Å². The van der Waals surface area contributed by atoms with Crippen molar-refractivity contribution in [3.63, 3.8) is 0 Å². The molecule has 4 nitrogen and oxygen atoms in total. The van der Waals surface area contributed by atoms with Gasteiger partial charge in [-0.2, -0.15) is 0 Å². The normalized spacial score (nSPS) is 25.2. The molecule has 0 bridgehead atoms. The minimum Gasteiger partial charge on any atom is -0.378 e. The standard InChI is InChI=1S/C18H16N2O2/c21-20(22)13-9-10-17-16(11-13)14-7-4-8-15(14)18(19-17)12-5-2-1-3-6-12/h1-7,9-11,14-15,18-19H,8H2/t14-,15-,18-/m0/s1. The quantitative estimate of drug-likeness (QED) is 0.506. The Balaban J connectivity index is 1.79. The van der Waals surface area contributed by atoms with Gasteiger partial charge in [-0.1, -0.05) is 42.5 Å². The van der Waals surface area contributed by atoms with Crippen molar-refractivity contribution >= 4 is 11.4 Å². The van der Waals surface area contributed by atoms with Crippen LogP contribution in [0.5, 0.6) is 0 Å². The average Bonchev–Trinajstić information content (AvgIpc) is 3.04. The molecule has 22 heavy (non-hydrogen) atoms. The molecule has 2 aromatic carbocycles. The third kappa shape index (κ3) is 1.99. The molecule has 4 rings (SSSR count). The Bertz CT molecular complexity index is 755. The molecule has 110 valence electrons. The first-order valence-electron chi connectivity index (χ1n) is 7.50. The van der Waals surface area contributed by atoms with E-state index in [-0.39, 0.29) is 22.6 Å². The van der Waals surface area contributed by atoms with E-state index in [0.29, 0.717) is 5.92 Å². The largest absolute Gasteiger partial charge is 0.378 e. The van der Waals surface area contributed by atoms with Crippen molar-refractivity contribution in [2.45, 2.75) is 18.4 Å². The van der Waals surface area contributed by atoms with Crippen LogP contribution in [0.15, 0.2) is 60.7 Å². The van der Waals surface area contributed by atoms with Gasteiger partial charge in [-0.25, -0.2) is 0 Å². The van der Waals surface area contributed by atoms with Gasteiger partial charge in [0.05, 0.1) is 11.0 Å². The number of fused-ring (bicyclic) bond motifs is 3. The van der Waals surface area contributed by atoms with Crippen molar-refractivity contribution < 1.29 is 4.92 Å². The lowest BCUT2D eigenvalue weighted by atomic mass is 9.77. The summed E-state index contributed by atoms with van der Waals surface area (Å²) in [7, 11) is 0. The summed E-state index contributed by atoms with van der Waals surface area (Å²) < 4.78 is 0. The summed E-state index contributed by atoms with van der Waals surface area (Å²) in [6.45, 7) is 0. The number of hydrogen-bond acceptors (Lipinski definition) is 3. The average molecular weight is 292 g/mol.